The van der Waals surface area contributed by atoms with Crippen LogP contribution in [-0.2, 0) is 14.8 Å². The summed E-state index contributed by atoms with van der Waals surface area (Å²) in [6, 6.07) is 12.2. The smallest absolute Gasteiger partial charge is 0.262 e. The van der Waals surface area contributed by atoms with E-state index in [0.29, 0.717) is 36.0 Å². The minimum absolute atomic E-state index is 0.221. The number of nitrogens with zero attached hydrogens (tertiary/aromatic N) is 3. The van der Waals surface area contributed by atoms with E-state index in [0.717, 1.165) is 30.0 Å². The van der Waals surface area contributed by atoms with Gasteiger partial charge in [-0.25, -0.2) is 8.42 Å². The van der Waals surface area contributed by atoms with Crippen LogP contribution in [0.15, 0.2) is 53.6 Å². The van der Waals surface area contributed by atoms with Gasteiger partial charge in [0.1, 0.15) is 5.75 Å². The summed E-state index contributed by atoms with van der Waals surface area (Å²) in [6.07, 6.45) is 1.73. The maximum atomic E-state index is 12.9. The highest BCUT2D eigenvalue weighted by atomic mass is 32.2. The first-order valence-electron chi connectivity index (χ1n) is 10.6. The summed E-state index contributed by atoms with van der Waals surface area (Å²) in [5, 5.41) is 11.4. The molecule has 0 unspecified atom stereocenters. The third-order valence-electron chi connectivity index (χ3n) is 5.41. The second-order valence-corrected chi connectivity index (χ2v) is 9.44. The number of ether oxygens (including phenoxy) is 2. The van der Waals surface area contributed by atoms with Crippen molar-refractivity contribution in [2.45, 2.75) is 18.7 Å². The average molecular weight is 470 g/mol. The first kappa shape index (κ1) is 22.8. The minimum atomic E-state index is -3.75. The number of anilines is 4. The molecule has 10 heteroatoms. The predicted octanol–water partition coefficient (Wildman–Crippen LogP) is 3.48. The molecule has 2 aromatic carbocycles. The monoisotopic (exact) mass is 469 g/mol. The Morgan fingerprint density at radius 1 is 1.00 bits per heavy atom. The lowest BCUT2D eigenvalue weighted by atomic mass is 10.1. The largest absolute Gasteiger partial charge is 0.496 e. The van der Waals surface area contributed by atoms with E-state index < -0.39 is 10.0 Å². The van der Waals surface area contributed by atoms with Gasteiger partial charge in [0.05, 0.1) is 37.1 Å². The van der Waals surface area contributed by atoms with Crippen LogP contribution in [0.5, 0.6) is 5.75 Å². The van der Waals surface area contributed by atoms with Crippen LogP contribution in [0, 0.1) is 13.8 Å². The number of hydrogen-bond donors (Lipinski definition) is 2. The van der Waals surface area contributed by atoms with Gasteiger partial charge in [-0.3, -0.25) is 4.72 Å². The van der Waals surface area contributed by atoms with Gasteiger partial charge in [-0.05, 0) is 61.4 Å². The molecule has 1 aliphatic rings. The van der Waals surface area contributed by atoms with E-state index in [9.17, 15) is 8.42 Å². The number of morpholine rings is 1. The molecule has 0 bridgehead atoms. The second kappa shape index (κ2) is 9.63. The Morgan fingerprint density at radius 2 is 1.70 bits per heavy atom. The lowest BCUT2D eigenvalue weighted by Crippen LogP contribution is -2.36. The van der Waals surface area contributed by atoms with Crippen LogP contribution in [0.25, 0.3) is 0 Å². The molecule has 1 aliphatic heterocycles. The van der Waals surface area contributed by atoms with Crippen molar-refractivity contribution >= 4 is 32.9 Å². The van der Waals surface area contributed by atoms with Crippen molar-refractivity contribution < 1.29 is 17.9 Å². The Balaban J connectivity index is 1.46. The molecule has 174 valence electrons. The fourth-order valence-electron chi connectivity index (χ4n) is 3.66. The van der Waals surface area contributed by atoms with Crippen molar-refractivity contribution in [3.8, 4) is 5.75 Å². The molecular formula is C23H27N5O4S. The molecule has 0 aliphatic carbocycles. The number of benzene rings is 2. The van der Waals surface area contributed by atoms with Gasteiger partial charge in [0.2, 0.25) is 0 Å². The van der Waals surface area contributed by atoms with Crippen molar-refractivity contribution in [2.75, 3.05) is 48.4 Å². The molecule has 2 N–H and O–H groups in total. The molecule has 0 spiro atoms. The molecule has 1 saturated heterocycles. The van der Waals surface area contributed by atoms with E-state index in [1.54, 1.807) is 56.6 Å². The number of sulfonamides is 1. The van der Waals surface area contributed by atoms with Crippen molar-refractivity contribution in [3.63, 3.8) is 0 Å². The van der Waals surface area contributed by atoms with Crippen LogP contribution >= 0.6 is 0 Å². The summed E-state index contributed by atoms with van der Waals surface area (Å²) in [5.41, 5.74) is 3.57. The Morgan fingerprint density at radius 3 is 2.39 bits per heavy atom. The zero-order valence-electron chi connectivity index (χ0n) is 18.8. The zero-order chi connectivity index (χ0) is 23.4. The first-order valence-corrected chi connectivity index (χ1v) is 12.0. The highest BCUT2D eigenvalue weighted by Gasteiger charge is 2.19. The predicted molar refractivity (Wildman–Crippen MR) is 128 cm³/mol. The Bertz CT molecular complexity index is 1230. The molecular weight excluding hydrogens is 442 g/mol. The van der Waals surface area contributed by atoms with E-state index in [1.165, 1.54) is 0 Å². The van der Waals surface area contributed by atoms with E-state index in [-0.39, 0.29) is 4.90 Å². The van der Waals surface area contributed by atoms with Crippen molar-refractivity contribution in [1.82, 2.24) is 10.2 Å². The fraction of sp³-hybridized carbons (Fsp3) is 0.304. The van der Waals surface area contributed by atoms with Crippen LogP contribution in [0.2, 0.25) is 0 Å². The van der Waals surface area contributed by atoms with Crippen LogP contribution in [0.1, 0.15) is 11.1 Å². The number of aromatic nitrogens is 2. The number of rotatable bonds is 7. The van der Waals surface area contributed by atoms with Crippen molar-refractivity contribution in [1.29, 1.82) is 0 Å². The lowest BCUT2D eigenvalue weighted by molar-refractivity contribution is 0.122. The maximum Gasteiger partial charge on any atom is 0.262 e. The number of nitrogens with one attached hydrogen (secondary N) is 2. The van der Waals surface area contributed by atoms with Gasteiger partial charge < -0.3 is 19.7 Å². The Kier molecular flexibility index (Phi) is 6.66. The number of methoxy groups -OCH3 is 1. The molecule has 0 atom stereocenters. The standard InChI is InChI=1S/C23H27N5O4S/c1-16-13-22(17(2)12-21(16)31-3)33(29,30)27-19-6-4-18(5-7-19)25-23-14-20(15-24-26-23)28-8-10-32-11-9-28/h4-7,12-15,27H,8-11H2,1-3H3,(H,25,26). The number of hydrogen-bond acceptors (Lipinski definition) is 8. The highest BCUT2D eigenvalue weighted by molar-refractivity contribution is 7.92. The van der Waals surface area contributed by atoms with Crippen LogP contribution in [0.3, 0.4) is 0 Å². The van der Waals surface area contributed by atoms with E-state index in [4.69, 9.17) is 9.47 Å². The zero-order valence-corrected chi connectivity index (χ0v) is 19.6. The molecule has 0 radical (unpaired) electrons. The Hall–Kier alpha value is -3.37. The van der Waals surface area contributed by atoms with Gasteiger partial charge in [0, 0.05) is 30.5 Å². The highest BCUT2D eigenvalue weighted by Crippen LogP contribution is 2.28. The van der Waals surface area contributed by atoms with Gasteiger partial charge in [0.15, 0.2) is 5.82 Å². The second-order valence-electron chi connectivity index (χ2n) is 7.79. The SMILES string of the molecule is COc1cc(C)c(S(=O)(=O)Nc2ccc(Nc3cc(N4CCOCC4)cnn3)cc2)cc1C. The van der Waals surface area contributed by atoms with Crippen molar-refractivity contribution in [2.24, 2.45) is 0 Å². The molecule has 4 rings (SSSR count). The first-order chi connectivity index (χ1) is 15.9. The van der Waals surface area contributed by atoms with Crippen molar-refractivity contribution in [3.05, 3.63) is 59.8 Å². The van der Waals surface area contributed by atoms with Gasteiger partial charge in [0.25, 0.3) is 10.0 Å². The van der Waals surface area contributed by atoms with Gasteiger partial charge in [-0.1, -0.05) is 0 Å². The van der Waals surface area contributed by atoms with E-state index in [2.05, 4.69) is 25.1 Å². The molecule has 9 nitrogen and oxygen atoms in total. The molecule has 1 aromatic heterocycles. The quantitative estimate of drug-likeness (QED) is 0.542. The summed E-state index contributed by atoms with van der Waals surface area (Å²) in [5.74, 6) is 1.26. The van der Waals surface area contributed by atoms with Gasteiger partial charge in [-0.15, -0.1) is 5.10 Å². The van der Waals surface area contributed by atoms with E-state index in [1.807, 2.05) is 13.0 Å². The van der Waals surface area contributed by atoms with E-state index >= 15 is 0 Å². The third kappa shape index (κ3) is 5.35. The van der Waals surface area contributed by atoms with Crippen LogP contribution < -0.4 is 19.7 Å². The molecule has 0 saturated carbocycles. The lowest BCUT2D eigenvalue weighted by Gasteiger charge is -2.28. The summed E-state index contributed by atoms with van der Waals surface area (Å²) in [6.45, 7) is 6.57. The molecule has 0 amide bonds. The number of aryl methyl sites for hydroxylation is 2. The van der Waals surface area contributed by atoms with Crippen LogP contribution in [0.4, 0.5) is 22.9 Å². The topological polar surface area (TPSA) is 106 Å². The normalized spacial score (nSPS) is 14.1. The summed E-state index contributed by atoms with van der Waals surface area (Å²) < 4.78 is 39.2. The molecule has 33 heavy (non-hydrogen) atoms. The van der Waals surface area contributed by atoms with Crippen LogP contribution in [-0.4, -0.2) is 52.0 Å². The molecule has 1 fully saturated rings. The van der Waals surface area contributed by atoms with Gasteiger partial charge in [-0.2, -0.15) is 5.10 Å². The molecule has 2 heterocycles. The molecule has 3 aromatic rings. The summed E-state index contributed by atoms with van der Waals surface area (Å²) in [4.78, 5) is 2.42. The Labute approximate surface area is 193 Å². The summed E-state index contributed by atoms with van der Waals surface area (Å²) in [7, 11) is -2.18. The van der Waals surface area contributed by atoms with Gasteiger partial charge >= 0.3 is 0 Å². The fourth-order valence-corrected chi connectivity index (χ4v) is 5.04. The summed E-state index contributed by atoms with van der Waals surface area (Å²) >= 11 is 0. The minimum Gasteiger partial charge on any atom is -0.496 e. The third-order valence-corrected chi connectivity index (χ3v) is 6.93. The average Bonchev–Trinajstić information content (AvgIpc) is 2.82. The maximum absolute atomic E-state index is 12.9.